The molecule has 1 N–H and O–H groups in total. The topological polar surface area (TPSA) is 76.5 Å². The Labute approximate surface area is 182 Å². The van der Waals surface area contributed by atoms with Gasteiger partial charge in [0.05, 0.1) is 25.1 Å². The van der Waals surface area contributed by atoms with Crippen LogP contribution >= 0.6 is 0 Å². The van der Waals surface area contributed by atoms with Gasteiger partial charge in [0, 0.05) is 40.8 Å². The molecule has 0 aliphatic heterocycles. The van der Waals surface area contributed by atoms with E-state index in [0.717, 1.165) is 11.8 Å². The third-order valence-corrected chi connectivity index (χ3v) is 5.99. The van der Waals surface area contributed by atoms with E-state index in [1.54, 1.807) is 24.6 Å². The summed E-state index contributed by atoms with van der Waals surface area (Å²) in [6.07, 6.45) is 4.30. The number of rotatable bonds is 7. The lowest BCUT2D eigenvalue weighted by Crippen LogP contribution is -2.06. The van der Waals surface area contributed by atoms with Crippen LogP contribution in [0, 0.1) is 11.6 Å². The molecule has 166 valence electrons. The maximum absolute atomic E-state index is 14.5. The van der Waals surface area contributed by atoms with Crippen LogP contribution in [0.2, 0.25) is 0 Å². The Balaban J connectivity index is 0.00000363. The molecule has 31 heavy (non-hydrogen) atoms. The number of hydrogen-bond donors (Lipinski definition) is 1. The van der Waals surface area contributed by atoms with Crippen LogP contribution in [-0.4, -0.2) is 33.6 Å². The van der Waals surface area contributed by atoms with Crippen LogP contribution in [0.3, 0.4) is 0 Å². The Hall–Kier alpha value is -3.07. The summed E-state index contributed by atoms with van der Waals surface area (Å²) in [5.41, 5.74) is 1.41. The summed E-state index contributed by atoms with van der Waals surface area (Å²) >= 11 is 0. The number of benzene rings is 1. The van der Waals surface area contributed by atoms with Gasteiger partial charge in [-0.3, -0.25) is 0 Å². The number of methoxy groups -OCH3 is 1. The van der Waals surface area contributed by atoms with Crippen LogP contribution in [-0.2, 0) is 15.5 Å². The van der Waals surface area contributed by atoms with Crippen LogP contribution < -0.4 is 10.1 Å². The molecular weight excluding hydrogens is 422 g/mol. The first-order chi connectivity index (χ1) is 14.7. The maximum Gasteiger partial charge on any atom is 0.149 e. The van der Waals surface area contributed by atoms with Gasteiger partial charge in [0.15, 0.2) is 0 Å². The van der Waals surface area contributed by atoms with Crippen molar-refractivity contribution < 1.29 is 19.2 Å². The number of halogens is 2. The Morgan fingerprint density at radius 1 is 1.13 bits per heavy atom. The zero-order chi connectivity index (χ0) is 22.6. The first kappa shape index (κ1) is 22.6. The van der Waals surface area contributed by atoms with Gasteiger partial charge < -0.3 is 10.1 Å². The molecule has 1 aromatic carbocycles. The highest BCUT2D eigenvalue weighted by molar-refractivity contribution is 7.92. The Bertz CT molecular complexity index is 1210. The van der Waals surface area contributed by atoms with Crippen molar-refractivity contribution >= 4 is 21.4 Å². The molecule has 6 nitrogen and oxygen atoms in total. The normalized spacial score (nSPS) is 13.0. The third kappa shape index (κ3) is 5.97. The predicted octanol–water partition coefficient (Wildman–Crippen LogP) is 5.43. The van der Waals surface area contributed by atoms with Gasteiger partial charge in [0.25, 0.3) is 0 Å². The lowest BCUT2D eigenvalue weighted by molar-refractivity contribution is 0.412. The summed E-state index contributed by atoms with van der Waals surface area (Å²) in [6, 6.07) is 8.88. The first-order valence-electron chi connectivity index (χ1n) is 9.57. The van der Waals surface area contributed by atoms with Crippen LogP contribution in [0.25, 0.3) is 11.1 Å². The van der Waals surface area contributed by atoms with Gasteiger partial charge in [-0.05, 0) is 49.7 Å². The van der Waals surface area contributed by atoms with Crippen molar-refractivity contribution in [1.29, 1.82) is 0 Å². The molecule has 0 fully saturated rings. The van der Waals surface area contributed by atoms with E-state index in [1.807, 2.05) is 13.8 Å². The minimum absolute atomic E-state index is 0. The second-order valence-electron chi connectivity index (χ2n) is 7.37. The molecule has 0 bridgehead atoms. The average molecular weight is 449 g/mol. The molecule has 1 unspecified atom stereocenters. The van der Waals surface area contributed by atoms with E-state index in [9.17, 15) is 13.0 Å². The molecule has 0 radical (unpaired) electrons. The average Bonchev–Trinajstić information content (AvgIpc) is 2.68. The van der Waals surface area contributed by atoms with Gasteiger partial charge in [-0.1, -0.05) is 0 Å². The predicted molar refractivity (Wildman–Crippen MR) is 121 cm³/mol. The van der Waals surface area contributed by atoms with E-state index in [4.69, 9.17) is 4.74 Å². The highest BCUT2D eigenvalue weighted by Crippen LogP contribution is 2.33. The lowest BCUT2D eigenvalue weighted by Gasteiger charge is -2.12. The Morgan fingerprint density at radius 3 is 2.58 bits per heavy atom. The number of hydrogen-bond acceptors (Lipinski definition) is 6. The number of anilines is 2. The van der Waals surface area contributed by atoms with Crippen molar-refractivity contribution in [2.24, 2.45) is 4.36 Å². The summed E-state index contributed by atoms with van der Waals surface area (Å²) in [5.74, 6) is 0.258. The van der Waals surface area contributed by atoms with Gasteiger partial charge in [-0.15, -0.1) is 0 Å². The van der Waals surface area contributed by atoms with Gasteiger partial charge in [0.1, 0.15) is 29.0 Å². The summed E-state index contributed by atoms with van der Waals surface area (Å²) < 4.78 is 50.1. The molecule has 2 heterocycles. The standard InChI is InChI=1S/C22H24F2N4O2S.H2/c1-14(2)28-31(4,29)13-15-7-8-25-21(9-15)27-22-11-18(19(24)12-26-22)17-6-5-16(23)10-20(17)30-3;/h5-12,14H,13H2,1-4H3,(H,25,26,27);1H. The van der Waals surface area contributed by atoms with E-state index in [2.05, 4.69) is 19.6 Å². The van der Waals surface area contributed by atoms with Crippen molar-refractivity contribution in [1.82, 2.24) is 9.97 Å². The summed E-state index contributed by atoms with van der Waals surface area (Å²) in [6.45, 7) is 3.77. The third-order valence-electron chi connectivity index (χ3n) is 4.26. The number of aromatic nitrogens is 2. The molecular formula is C22H26F2N4O2S. The fourth-order valence-electron chi connectivity index (χ4n) is 3.16. The smallest absolute Gasteiger partial charge is 0.149 e. The van der Waals surface area contributed by atoms with Crippen LogP contribution in [0.4, 0.5) is 20.4 Å². The van der Waals surface area contributed by atoms with Crippen molar-refractivity contribution in [2.75, 3.05) is 18.7 Å². The molecule has 0 spiro atoms. The van der Waals surface area contributed by atoms with E-state index in [0.29, 0.717) is 17.2 Å². The first-order valence-corrected chi connectivity index (χ1v) is 11.7. The van der Waals surface area contributed by atoms with Crippen LogP contribution in [0.1, 0.15) is 20.8 Å². The monoisotopic (exact) mass is 448 g/mol. The second-order valence-corrected chi connectivity index (χ2v) is 9.79. The summed E-state index contributed by atoms with van der Waals surface area (Å²) in [5, 5.41) is 3.03. The summed E-state index contributed by atoms with van der Waals surface area (Å²) in [4.78, 5) is 8.31. The molecule has 0 amide bonds. The van der Waals surface area contributed by atoms with Crippen LogP contribution in [0.15, 0.2) is 53.2 Å². The fourth-order valence-corrected chi connectivity index (χ4v) is 4.92. The molecule has 0 aliphatic carbocycles. The molecule has 3 rings (SSSR count). The maximum atomic E-state index is 14.5. The second kappa shape index (κ2) is 9.38. The number of ether oxygens (including phenoxy) is 1. The van der Waals surface area contributed by atoms with Gasteiger partial charge in [-0.2, -0.15) is 0 Å². The highest BCUT2D eigenvalue weighted by atomic mass is 32.2. The zero-order valence-electron chi connectivity index (χ0n) is 17.7. The SMILES string of the molecule is COc1cc(F)ccc1-c1cc(Nc2cc(CS(C)(=O)=NC(C)C)ccn2)ncc1F.[HH]. The van der Waals surface area contributed by atoms with Crippen molar-refractivity contribution in [2.45, 2.75) is 25.6 Å². The molecule has 0 saturated heterocycles. The largest absolute Gasteiger partial charge is 0.496 e. The minimum Gasteiger partial charge on any atom is -0.496 e. The molecule has 9 heteroatoms. The zero-order valence-corrected chi connectivity index (χ0v) is 18.5. The fraction of sp³-hybridized carbons (Fsp3) is 0.273. The summed E-state index contributed by atoms with van der Waals surface area (Å²) in [7, 11) is -0.981. The van der Waals surface area contributed by atoms with Crippen molar-refractivity contribution in [3.8, 4) is 16.9 Å². The number of pyridine rings is 2. The molecule has 3 aromatic rings. The molecule has 0 aliphatic rings. The molecule has 0 saturated carbocycles. The van der Waals surface area contributed by atoms with Gasteiger partial charge in [-0.25, -0.2) is 27.3 Å². The van der Waals surface area contributed by atoms with Gasteiger partial charge >= 0.3 is 0 Å². The minimum atomic E-state index is -2.37. The quantitative estimate of drug-likeness (QED) is 0.522. The molecule has 2 aromatic heterocycles. The van der Waals surface area contributed by atoms with Crippen molar-refractivity contribution in [3.63, 3.8) is 0 Å². The van der Waals surface area contributed by atoms with E-state index < -0.39 is 21.4 Å². The van der Waals surface area contributed by atoms with Crippen LogP contribution in [0.5, 0.6) is 5.75 Å². The Morgan fingerprint density at radius 2 is 1.87 bits per heavy atom. The number of nitrogens with one attached hydrogen (secondary N) is 1. The van der Waals surface area contributed by atoms with E-state index in [1.165, 1.54) is 31.4 Å². The molecule has 1 atom stereocenters. The van der Waals surface area contributed by atoms with E-state index >= 15 is 0 Å². The number of nitrogens with zero attached hydrogens (tertiary/aromatic N) is 3. The van der Waals surface area contributed by atoms with Crippen molar-refractivity contribution in [3.05, 3.63) is 66.0 Å². The van der Waals surface area contributed by atoms with E-state index in [-0.39, 0.29) is 24.5 Å². The highest BCUT2D eigenvalue weighted by Gasteiger charge is 2.14. The van der Waals surface area contributed by atoms with Gasteiger partial charge in [0.2, 0.25) is 0 Å². The lowest BCUT2D eigenvalue weighted by atomic mass is 10.0. The Kier molecular flexibility index (Phi) is 6.84.